The summed E-state index contributed by atoms with van der Waals surface area (Å²) in [6.45, 7) is 12.6. The highest BCUT2D eigenvalue weighted by atomic mass is 19.4. The van der Waals surface area contributed by atoms with Crippen molar-refractivity contribution < 1.29 is 13.2 Å². The van der Waals surface area contributed by atoms with Crippen molar-refractivity contribution in [1.29, 1.82) is 0 Å². The average molecular weight is 426 g/mol. The molecule has 0 amide bonds. The van der Waals surface area contributed by atoms with Gasteiger partial charge in [-0.1, -0.05) is 34.6 Å². The smallest absolute Gasteiger partial charge is 0.356 e. The molecule has 0 radical (unpaired) electrons. The number of aromatic amines is 1. The van der Waals surface area contributed by atoms with Gasteiger partial charge in [-0.15, -0.1) is 0 Å². The molecule has 0 spiro atoms. The Bertz CT molecular complexity index is 788. The lowest BCUT2D eigenvalue weighted by Gasteiger charge is -2.30. The molecule has 0 saturated carbocycles. The predicted molar refractivity (Wildman–Crippen MR) is 115 cm³/mol. The number of alkyl halides is 3. The van der Waals surface area contributed by atoms with Crippen LogP contribution in [0, 0.1) is 11.8 Å². The van der Waals surface area contributed by atoms with Gasteiger partial charge in [0.1, 0.15) is 5.82 Å². The molecule has 0 atom stereocenters. The van der Waals surface area contributed by atoms with Gasteiger partial charge in [0.05, 0.1) is 17.5 Å². The van der Waals surface area contributed by atoms with E-state index in [0.29, 0.717) is 30.9 Å². The first-order chi connectivity index (χ1) is 14.0. The van der Waals surface area contributed by atoms with Gasteiger partial charge < -0.3 is 9.80 Å². The summed E-state index contributed by atoms with van der Waals surface area (Å²) in [5, 5.41) is 6.93. The summed E-state index contributed by atoms with van der Waals surface area (Å²) >= 11 is 0. The number of nitrogens with one attached hydrogen (secondary N) is 1. The second kappa shape index (κ2) is 10.3. The molecule has 5 nitrogen and oxygen atoms in total. The van der Waals surface area contributed by atoms with Crippen LogP contribution < -0.4 is 4.90 Å². The molecule has 0 aliphatic heterocycles. The summed E-state index contributed by atoms with van der Waals surface area (Å²) in [7, 11) is 1.98. The second-order valence-electron chi connectivity index (χ2n) is 8.79. The minimum atomic E-state index is -4.50. The third-order valence-electron chi connectivity index (χ3n) is 4.69. The molecular formula is C22H34F3N5. The lowest BCUT2D eigenvalue weighted by Crippen LogP contribution is -2.33. The summed E-state index contributed by atoms with van der Waals surface area (Å²) in [6, 6.07) is 1.20. The minimum absolute atomic E-state index is 0.00202. The van der Waals surface area contributed by atoms with Gasteiger partial charge in [-0.2, -0.15) is 18.3 Å². The van der Waals surface area contributed by atoms with E-state index in [0.717, 1.165) is 18.5 Å². The van der Waals surface area contributed by atoms with Gasteiger partial charge in [-0.05, 0) is 37.9 Å². The van der Waals surface area contributed by atoms with Crippen molar-refractivity contribution in [3.63, 3.8) is 0 Å². The van der Waals surface area contributed by atoms with Crippen molar-refractivity contribution in [3.05, 3.63) is 29.6 Å². The molecule has 0 saturated heterocycles. The number of pyridine rings is 1. The molecule has 2 aromatic rings. The first-order valence-corrected chi connectivity index (χ1v) is 10.6. The molecule has 0 aliphatic rings. The molecule has 0 aromatic carbocycles. The van der Waals surface area contributed by atoms with Gasteiger partial charge in [0.15, 0.2) is 0 Å². The molecule has 8 heteroatoms. The number of aromatic nitrogens is 3. The lowest BCUT2D eigenvalue weighted by molar-refractivity contribution is -0.137. The standard InChI is InChI=1S/C22H34F3N5/c1-7-8-29(6)14-18-11-27-28-20(18)17-9-19(22(23,24)25)21(26-10-17)30(12-15(2)3)13-16(4)5/h9-11,15-16H,7-8,12-14H2,1-6H3,(H,27,28). The molecule has 30 heavy (non-hydrogen) atoms. The van der Waals surface area contributed by atoms with Crippen molar-refractivity contribution >= 4 is 5.82 Å². The zero-order chi connectivity index (χ0) is 22.5. The molecule has 0 fully saturated rings. The highest BCUT2D eigenvalue weighted by molar-refractivity contribution is 5.66. The zero-order valence-corrected chi connectivity index (χ0v) is 18.8. The highest BCUT2D eigenvalue weighted by Gasteiger charge is 2.37. The van der Waals surface area contributed by atoms with E-state index < -0.39 is 11.7 Å². The van der Waals surface area contributed by atoms with Crippen molar-refractivity contribution in [3.8, 4) is 11.3 Å². The quantitative estimate of drug-likeness (QED) is 0.550. The third kappa shape index (κ3) is 6.45. The van der Waals surface area contributed by atoms with E-state index in [2.05, 4.69) is 27.0 Å². The highest BCUT2D eigenvalue weighted by Crippen LogP contribution is 2.38. The number of H-pyrrole nitrogens is 1. The van der Waals surface area contributed by atoms with E-state index in [4.69, 9.17) is 0 Å². The van der Waals surface area contributed by atoms with E-state index in [-0.39, 0.29) is 17.7 Å². The van der Waals surface area contributed by atoms with Gasteiger partial charge in [0.2, 0.25) is 0 Å². The predicted octanol–water partition coefficient (Wildman–Crippen LogP) is 5.45. The summed E-state index contributed by atoms with van der Waals surface area (Å²) < 4.78 is 42.0. The number of hydrogen-bond donors (Lipinski definition) is 1. The summed E-state index contributed by atoms with van der Waals surface area (Å²) in [5.41, 5.74) is 1.14. The largest absolute Gasteiger partial charge is 0.419 e. The van der Waals surface area contributed by atoms with Crippen molar-refractivity contribution in [1.82, 2.24) is 20.1 Å². The van der Waals surface area contributed by atoms with Crippen LogP contribution in [0.2, 0.25) is 0 Å². The Morgan fingerprint density at radius 1 is 1.07 bits per heavy atom. The second-order valence-corrected chi connectivity index (χ2v) is 8.79. The number of anilines is 1. The molecule has 0 bridgehead atoms. The number of halogens is 3. The SMILES string of the molecule is CCCN(C)Cc1cn[nH]c1-c1cnc(N(CC(C)C)CC(C)C)c(C(F)(F)F)c1. The fourth-order valence-corrected chi connectivity index (χ4v) is 3.62. The average Bonchev–Trinajstić information content (AvgIpc) is 3.07. The molecular weight excluding hydrogens is 391 g/mol. The van der Waals surface area contributed by atoms with Crippen LogP contribution in [0.5, 0.6) is 0 Å². The Kier molecular flexibility index (Phi) is 8.29. The molecule has 2 aromatic heterocycles. The van der Waals surface area contributed by atoms with Crippen LogP contribution in [0.25, 0.3) is 11.3 Å². The number of hydrogen-bond acceptors (Lipinski definition) is 4. The molecule has 2 heterocycles. The van der Waals surface area contributed by atoms with Crippen LogP contribution >= 0.6 is 0 Å². The van der Waals surface area contributed by atoms with E-state index in [1.807, 2.05) is 34.7 Å². The summed E-state index contributed by atoms with van der Waals surface area (Å²) in [6.07, 6.45) is -0.301. The van der Waals surface area contributed by atoms with Crippen LogP contribution in [-0.2, 0) is 12.7 Å². The molecule has 0 unspecified atom stereocenters. The lowest BCUT2D eigenvalue weighted by atomic mass is 10.1. The third-order valence-corrected chi connectivity index (χ3v) is 4.69. The summed E-state index contributed by atoms with van der Waals surface area (Å²) in [4.78, 5) is 8.18. The zero-order valence-electron chi connectivity index (χ0n) is 18.8. The van der Waals surface area contributed by atoms with Gasteiger partial charge in [-0.25, -0.2) is 4.98 Å². The maximum Gasteiger partial charge on any atom is 0.419 e. The Labute approximate surface area is 177 Å². The van der Waals surface area contributed by atoms with Crippen LogP contribution in [-0.4, -0.2) is 46.8 Å². The van der Waals surface area contributed by atoms with E-state index >= 15 is 0 Å². The monoisotopic (exact) mass is 425 g/mol. The van der Waals surface area contributed by atoms with Gasteiger partial charge in [-0.3, -0.25) is 5.10 Å². The number of rotatable bonds is 10. The van der Waals surface area contributed by atoms with Crippen LogP contribution in [0.1, 0.15) is 52.2 Å². The van der Waals surface area contributed by atoms with Crippen molar-refractivity contribution in [2.24, 2.45) is 11.8 Å². The van der Waals surface area contributed by atoms with Gasteiger partial charge >= 0.3 is 6.18 Å². The van der Waals surface area contributed by atoms with E-state index in [1.165, 1.54) is 12.3 Å². The maximum absolute atomic E-state index is 14.0. The first-order valence-electron chi connectivity index (χ1n) is 10.6. The Morgan fingerprint density at radius 3 is 2.23 bits per heavy atom. The topological polar surface area (TPSA) is 48.1 Å². The molecule has 168 valence electrons. The Hall–Kier alpha value is -2.09. The minimum Gasteiger partial charge on any atom is -0.356 e. The van der Waals surface area contributed by atoms with Crippen molar-refractivity contribution in [2.45, 2.75) is 53.8 Å². The number of nitrogens with zero attached hydrogens (tertiary/aromatic N) is 4. The first kappa shape index (κ1) is 24.2. The molecule has 1 N–H and O–H groups in total. The van der Waals surface area contributed by atoms with Gasteiger partial charge in [0, 0.05) is 37.0 Å². The van der Waals surface area contributed by atoms with E-state index in [1.54, 1.807) is 11.1 Å². The Morgan fingerprint density at radius 2 is 1.70 bits per heavy atom. The normalized spacial score (nSPS) is 12.4. The van der Waals surface area contributed by atoms with Gasteiger partial charge in [0.25, 0.3) is 0 Å². The van der Waals surface area contributed by atoms with Crippen molar-refractivity contribution in [2.75, 3.05) is 31.6 Å². The fraction of sp³-hybridized carbons (Fsp3) is 0.636. The molecule has 2 rings (SSSR count). The van der Waals surface area contributed by atoms with E-state index in [9.17, 15) is 13.2 Å². The molecule has 0 aliphatic carbocycles. The maximum atomic E-state index is 14.0. The van der Waals surface area contributed by atoms with Crippen LogP contribution in [0.15, 0.2) is 18.5 Å². The van der Waals surface area contributed by atoms with Crippen LogP contribution in [0.3, 0.4) is 0 Å². The summed E-state index contributed by atoms with van der Waals surface area (Å²) in [5.74, 6) is 0.442. The fourth-order valence-electron chi connectivity index (χ4n) is 3.62. The van der Waals surface area contributed by atoms with Crippen LogP contribution in [0.4, 0.5) is 19.0 Å². The Balaban J connectivity index is 2.48.